The van der Waals surface area contributed by atoms with E-state index in [9.17, 15) is 26.0 Å². The molecule has 1 amide bonds. The van der Waals surface area contributed by atoms with Crippen LogP contribution in [0.15, 0.2) is 70.6 Å². The molecule has 35 heavy (non-hydrogen) atoms. The number of carbonyl (C=O) groups is 1. The molecule has 1 heterocycles. The number of carbonyl (C=O) groups excluding carboxylic acids is 1. The molecule has 0 aliphatic heterocycles. The van der Waals surface area contributed by atoms with Gasteiger partial charge in [-0.1, -0.05) is 18.2 Å². The summed E-state index contributed by atoms with van der Waals surface area (Å²) in [6.45, 7) is 5.16. The summed E-state index contributed by atoms with van der Waals surface area (Å²) in [7, 11) is -6.50. The van der Waals surface area contributed by atoms with Gasteiger partial charge in [0.05, 0.1) is 22.0 Å². The van der Waals surface area contributed by atoms with E-state index in [1.807, 2.05) is 0 Å². The minimum Gasteiger partial charge on any atom is -0.444 e. The molecular weight excluding hydrogens is 495 g/mol. The van der Waals surface area contributed by atoms with Crippen molar-refractivity contribution < 1.29 is 30.8 Å². The van der Waals surface area contributed by atoms with Crippen molar-refractivity contribution in [2.24, 2.45) is 0 Å². The van der Waals surface area contributed by atoms with Gasteiger partial charge in [-0.25, -0.2) is 30.0 Å². The molecule has 0 aliphatic carbocycles. The van der Waals surface area contributed by atoms with Crippen molar-refractivity contribution in [3.05, 3.63) is 72.2 Å². The highest BCUT2D eigenvalue weighted by molar-refractivity contribution is 7.91. The Morgan fingerprint density at radius 3 is 2.23 bits per heavy atom. The topological polar surface area (TPSA) is 103 Å². The van der Waals surface area contributed by atoms with E-state index in [0.717, 1.165) is 16.3 Å². The molecule has 0 saturated carbocycles. The molecule has 11 heteroatoms. The van der Waals surface area contributed by atoms with Gasteiger partial charge in [0.1, 0.15) is 11.4 Å². The van der Waals surface area contributed by atoms with Gasteiger partial charge in [0.25, 0.3) is 10.0 Å². The van der Waals surface area contributed by atoms with Crippen LogP contribution in [0.5, 0.6) is 0 Å². The summed E-state index contributed by atoms with van der Waals surface area (Å²) in [5, 5.41) is 0. The Morgan fingerprint density at radius 2 is 1.63 bits per heavy atom. The van der Waals surface area contributed by atoms with Gasteiger partial charge < -0.3 is 9.64 Å². The van der Waals surface area contributed by atoms with Crippen molar-refractivity contribution in [2.45, 2.75) is 42.7 Å². The van der Waals surface area contributed by atoms with Gasteiger partial charge in [0.15, 0.2) is 9.84 Å². The Bertz CT molecular complexity index is 1470. The van der Waals surface area contributed by atoms with E-state index in [-0.39, 0.29) is 27.6 Å². The van der Waals surface area contributed by atoms with E-state index in [2.05, 4.69) is 0 Å². The molecule has 8 nitrogen and oxygen atoms in total. The minimum absolute atomic E-state index is 0.0116. The minimum atomic E-state index is -4.33. The lowest BCUT2D eigenvalue weighted by atomic mass is 10.1. The third kappa shape index (κ3) is 6.09. The van der Waals surface area contributed by atoms with Crippen molar-refractivity contribution >= 4 is 26.0 Å². The average molecular weight is 523 g/mol. The highest BCUT2D eigenvalue weighted by atomic mass is 32.2. The van der Waals surface area contributed by atoms with Gasteiger partial charge in [-0.05, 0) is 62.7 Å². The van der Waals surface area contributed by atoms with Crippen molar-refractivity contribution in [1.82, 2.24) is 8.87 Å². The first-order valence-electron chi connectivity index (χ1n) is 10.6. The summed E-state index contributed by atoms with van der Waals surface area (Å²) in [4.78, 5) is 13.2. The Labute approximate surface area is 204 Å². The third-order valence-corrected chi connectivity index (χ3v) is 7.69. The number of nitrogens with zero attached hydrogens (tertiary/aromatic N) is 2. The van der Waals surface area contributed by atoms with Crippen LogP contribution >= 0.6 is 0 Å². The predicted molar refractivity (Wildman–Crippen MR) is 130 cm³/mol. The van der Waals surface area contributed by atoms with Gasteiger partial charge in [-0.2, -0.15) is 0 Å². The lowest BCUT2D eigenvalue weighted by Crippen LogP contribution is -2.33. The Kier molecular flexibility index (Phi) is 7.14. The number of ether oxygens (including phenoxy) is 1. The monoisotopic (exact) mass is 522 g/mol. The maximum atomic E-state index is 14.7. The molecule has 0 fully saturated rings. The van der Waals surface area contributed by atoms with E-state index in [4.69, 9.17) is 4.74 Å². The molecule has 0 bridgehead atoms. The molecule has 0 spiro atoms. The van der Waals surface area contributed by atoms with E-state index < -0.39 is 37.4 Å². The number of hydrogen-bond donors (Lipinski definition) is 0. The number of hydrogen-bond acceptors (Lipinski definition) is 6. The maximum absolute atomic E-state index is 14.7. The molecule has 0 radical (unpaired) electrons. The van der Waals surface area contributed by atoms with E-state index in [1.165, 1.54) is 60.6 Å². The molecule has 0 aliphatic rings. The quantitative estimate of drug-likeness (QED) is 0.478. The second-order valence-corrected chi connectivity index (χ2v) is 12.9. The Hall–Kier alpha value is -3.18. The average Bonchev–Trinajstić information content (AvgIpc) is 3.16. The van der Waals surface area contributed by atoms with Crippen LogP contribution in [0.3, 0.4) is 0 Å². The second-order valence-electron chi connectivity index (χ2n) is 9.10. The number of benzene rings is 2. The highest BCUT2D eigenvalue weighted by Gasteiger charge is 2.26. The first-order chi connectivity index (χ1) is 16.1. The van der Waals surface area contributed by atoms with E-state index in [1.54, 1.807) is 26.8 Å². The number of aromatic nitrogens is 1. The molecule has 1 aromatic heterocycles. The fourth-order valence-electron chi connectivity index (χ4n) is 3.30. The zero-order chi connectivity index (χ0) is 26.2. The number of halogens is 1. The molecule has 0 saturated heterocycles. The molecule has 2 aromatic carbocycles. The van der Waals surface area contributed by atoms with E-state index in [0.29, 0.717) is 5.56 Å². The fraction of sp³-hybridized carbons (Fsp3) is 0.292. The van der Waals surface area contributed by atoms with Crippen molar-refractivity contribution in [2.75, 3.05) is 13.3 Å². The van der Waals surface area contributed by atoms with Crippen LogP contribution in [-0.4, -0.2) is 50.7 Å². The normalized spacial score (nSPS) is 12.4. The number of sulfone groups is 1. The van der Waals surface area contributed by atoms with Gasteiger partial charge in [-0.3, -0.25) is 0 Å². The van der Waals surface area contributed by atoms with Gasteiger partial charge in [0.2, 0.25) is 0 Å². The molecule has 3 aromatic rings. The number of amides is 1. The van der Waals surface area contributed by atoms with E-state index >= 15 is 0 Å². The molecule has 0 unspecified atom stereocenters. The summed E-state index contributed by atoms with van der Waals surface area (Å²) in [5.74, 6) is -0.640. The van der Waals surface area contributed by atoms with Gasteiger partial charge in [-0.15, -0.1) is 0 Å². The van der Waals surface area contributed by atoms with Crippen molar-refractivity contribution in [1.29, 1.82) is 0 Å². The molecule has 3 rings (SSSR count). The lowest BCUT2D eigenvalue weighted by molar-refractivity contribution is 0.0285. The highest BCUT2D eigenvalue weighted by Crippen LogP contribution is 2.30. The van der Waals surface area contributed by atoms with Gasteiger partial charge >= 0.3 is 6.09 Å². The maximum Gasteiger partial charge on any atom is 0.410 e. The summed E-state index contributed by atoms with van der Waals surface area (Å²) >= 11 is 0. The molecule has 0 N–H and O–H groups in total. The SMILES string of the molecule is CN(Cc1cc(-c2ccccc2F)n(S(=O)(=O)c2cccc(S(C)(=O)=O)c2)c1)C(=O)OC(C)(C)C. The van der Waals surface area contributed by atoms with Crippen LogP contribution in [0.25, 0.3) is 11.3 Å². The molecular formula is C24H27FN2O6S2. The molecule has 188 valence electrons. The second kappa shape index (κ2) is 9.46. The first kappa shape index (κ1) is 26.4. The zero-order valence-electron chi connectivity index (χ0n) is 20.0. The number of rotatable bonds is 6. The molecule has 0 atom stereocenters. The summed E-state index contributed by atoms with van der Waals surface area (Å²) < 4.78 is 72.0. The van der Waals surface area contributed by atoms with Crippen molar-refractivity contribution in [3.63, 3.8) is 0 Å². The summed E-state index contributed by atoms with van der Waals surface area (Å²) in [6, 6.07) is 12.1. The third-order valence-electron chi connectivity index (χ3n) is 4.91. The zero-order valence-corrected chi connectivity index (χ0v) is 21.7. The predicted octanol–water partition coefficient (Wildman–Crippen LogP) is 4.30. The van der Waals surface area contributed by atoms with Crippen LogP contribution in [0, 0.1) is 5.82 Å². The van der Waals surface area contributed by atoms with Crippen LogP contribution in [-0.2, 0) is 31.1 Å². The van der Waals surface area contributed by atoms with Crippen LogP contribution < -0.4 is 0 Å². The van der Waals surface area contributed by atoms with Crippen LogP contribution in [0.2, 0.25) is 0 Å². The lowest BCUT2D eigenvalue weighted by Gasteiger charge is -2.24. The largest absolute Gasteiger partial charge is 0.444 e. The smallest absolute Gasteiger partial charge is 0.410 e. The summed E-state index contributed by atoms with van der Waals surface area (Å²) in [6.07, 6.45) is 1.65. The standard InChI is InChI=1S/C24H27FN2O6S2/c1-24(2,3)33-23(28)26(4)15-17-13-22(20-11-6-7-12-21(20)25)27(16-17)35(31,32)19-10-8-9-18(14-19)34(5,29)30/h6-14,16H,15H2,1-5H3. The van der Waals surface area contributed by atoms with Gasteiger partial charge in [0, 0.05) is 25.1 Å². The fourth-order valence-corrected chi connectivity index (χ4v) is 5.48. The van der Waals surface area contributed by atoms with Crippen LogP contribution in [0.4, 0.5) is 9.18 Å². The summed E-state index contributed by atoms with van der Waals surface area (Å²) in [5.41, 5.74) is -0.259. The Morgan fingerprint density at radius 1 is 1.00 bits per heavy atom. The first-order valence-corrected chi connectivity index (χ1v) is 13.9. The van der Waals surface area contributed by atoms with Crippen molar-refractivity contribution in [3.8, 4) is 11.3 Å². The van der Waals surface area contributed by atoms with Crippen LogP contribution in [0.1, 0.15) is 26.3 Å². The Balaban J connectivity index is 2.12.